The zero-order valence-electron chi connectivity index (χ0n) is 10.3. The second-order valence-corrected chi connectivity index (χ2v) is 4.64. The first kappa shape index (κ1) is 13.9. The summed E-state index contributed by atoms with van der Waals surface area (Å²) in [5.41, 5.74) is 5.45. The summed E-state index contributed by atoms with van der Waals surface area (Å²) in [6, 6.07) is 0.538. The summed E-state index contributed by atoms with van der Waals surface area (Å²) in [4.78, 5) is 2.34. The SMILES string of the molecule is COC(C)(C)CC(C)N(C)CCCN. The third kappa shape index (κ3) is 5.58. The van der Waals surface area contributed by atoms with Gasteiger partial charge in [-0.3, -0.25) is 0 Å². The average molecular weight is 202 g/mol. The van der Waals surface area contributed by atoms with Crippen LogP contribution in [0.25, 0.3) is 0 Å². The molecule has 1 unspecified atom stereocenters. The van der Waals surface area contributed by atoms with Crippen LogP contribution in [0.2, 0.25) is 0 Å². The lowest BCUT2D eigenvalue weighted by atomic mass is 9.99. The standard InChI is InChI=1S/C11H26N2O/c1-10(9-11(2,3)14-5)13(4)8-6-7-12/h10H,6-9,12H2,1-5H3. The molecule has 1 atom stereocenters. The quantitative estimate of drug-likeness (QED) is 0.679. The highest BCUT2D eigenvalue weighted by atomic mass is 16.5. The van der Waals surface area contributed by atoms with Crippen molar-refractivity contribution in [2.24, 2.45) is 5.73 Å². The van der Waals surface area contributed by atoms with E-state index in [2.05, 4.69) is 32.7 Å². The molecule has 0 amide bonds. The van der Waals surface area contributed by atoms with Gasteiger partial charge in [0.15, 0.2) is 0 Å². The fourth-order valence-corrected chi connectivity index (χ4v) is 1.51. The van der Waals surface area contributed by atoms with Crippen molar-refractivity contribution in [2.45, 2.75) is 45.3 Å². The monoisotopic (exact) mass is 202 g/mol. The molecule has 86 valence electrons. The molecule has 0 aromatic carbocycles. The van der Waals surface area contributed by atoms with Crippen LogP contribution in [0.1, 0.15) is 33.6 Å². The van der Waals surface area contributed by atoms with E-state index in [9.17, 15) is 0 Å². The van der Waals surface area contributed by atoms with Crippen LogP contribution in [-0.4, -0.2) is 43.8 Å². The molecular weight excluding hydrogens is 176 g/mol. The molecule has 0 aliphatic rings. The average Bonchev–Trinajstić information content (AvgIpc) is 2.13. The van der Waals surface area contributed by atoms with Crippen molar-refractivity contribution in [3.8, 4) is 0 Å². The molecule has 0 saturated carbocycles. The number of hydrogen-bond acceptors (Lipinski definition) is 3. The molecule has 3 heteroatoms. The predicted molar refractivity (Wildman–Crippen MR) is 61.5 cm³/mol. The summed E-state index contributed by atoms with van der Waals surface area (Å²) in [7, 11) is 3.92. The van der Waals surface area contributed by atoms with Gasteiger partial charge in [-0.15, -0.1) is 0 Å². The number of rotatable bonds is 7. The van der Waals surface area contributed by atoms with Gasteiger partial charge in [-0.1, -0.05) is 0 Å². The summed E-state index contributed by atoms with van der Waals surface area (Å²) in [6.07, 6.45) is 2.11. The van der Waals surface area contributed by atoms with Gasteiger partial charge < -0.3 is 15.4 Å². The van der Waals surface area contributed by atoms with Crippen LogP contribution in [-0.2, 0) is 4.74 Å². The molecular formula is C11H26N2O. The second kappa shape index (κ2) is 6.38. The van der Waals surface area contributed by atoms with E-state index in [1.165, 1.54) is 0 Å². The lowest BCUT2D eigenvalue weighted by molar-refractivity contribution is -0.00312. The Morgan fingerprint density at radius 3 is 2.43 bits per heavy atom. The van der Waals surface area contributed by atoms with Crippen LogP contribution >= 0.6 is 0 Å². The minimum absolute atomic E-state index is 0.0314. The van der Waals surface area contributed by atoms with Crippen LogP contribution in [0, 0.1) is 0 Å². The van der Waals surface area contributed by atoms with Crippen LogP contribution < -0.4 is 5.73 Å². The lowest BCUT2D eigenvalue weighted by Crippen LogP contribution is -2.37. The molecule has 0 rings (SSSR count). The Hall–Kier alpha value is -0.120. The minimum Gasteiger partial charge on any atom is -0.379 e. The van der Waals surface area contributed by atoms with Crippen molar-refractivity contribution in [1.82, 2.24) is 4.90 Å². The maximum absolute atomic E-state index is 5.48. The Bertz CT molecular complexity index is 148. The van der Waals surface area contributed by atoms with Crippen LogP contribution in [0.3, 0.4) is 0 Å². The van der Waals surface area contributed by atoms with E-state index in [4.69, 9.17) is 10.5 Å². The van der Waals surface area contributed by atoms with E-state index < -0.39 is 0 Å². The van der Waals surface area contributed by atoms with Crippen molar-refractivity contribution >= 4 is 0 Å². The van der Waals surface area contributed by atoms with Gasteiger partial charge in [0.25, 0.3) is 0 Å². The Kier molecular flexibility index (Phi) is 6.33. The number of methoxy groups -OCH3 is 1. The zero-order chi connectivity index (χ0) is 11.2. The fourth-order valence-electron chi connectivity index (χ4n) is 1.51. The summed E-state index contributed by atoms with van der Waals surface area (Å²) in [6.45, 7) is 8.32. The van der Waals surface area contributed by atoms with Gasteiger partial charge in [0.2, 0.25) is 0 Å². The summed E-state index contributed by atoms with van der Waals surface area (Å²) in [5, 5.41) is 0. The van der Waals surface area contributed by atoms with Crippen LogP contribution in [0.15, 0.2) is 0 Å². The van der Waals surface area contributed by atoms with E-state index in [0.29, 0.717) is 6.04 Å². The van der Waals surface area contributed by atoms with E-state index in [-0.39, 0.29) is 5.60 Å². The Morgan fingerprint density at radius 1 is 1.43 bits per heavy atom. The van der Waals surface area contributed by atoms with Crippen molar-refractivity contribution in [3.63, 3.8) is 0 Å². The lowest BCUT2D eigenvalue weighted by Gasteiger charge is -2.32. The van der Waals surface area contributed by atoms with Crippen molar-refractivity contribution < 1.29 is 4.74 Å². The van der Waals surface area contributed by atoms with Gasteiger partial charge in [0, 0.05) is 13.2 Å². The molecule has 14 heavy (non-hydrogen) atoms. The fraction of sp³-hybridized carbons (Fsp3) is 1.00. The topological polar surface area (TPSA) is 38.5 Å². The minimum atomic E-state index is -0.0314. The van der Waals surface area contributed by atoms with Gasteiger partial charge in [-0.25, -0.2) is 0 Å². The highest BCUT2D eigenvalue weighted by Gasteiger charge is 2.22. The summed E-state index contributed by atoms with van der Waals surface area (Å²) in [5.74, 6) is 0. The number of nitrogens with zero attached hydrogens (tertiary/aromatic N) is 1. The first-order valence-corrected chi connectivity index (χ1v) is 5.38. The van der Waals surface area contributed by atoms with Gasteiger partial charge in [-0.05, 0) is 53.8 Å². The molecule has 0 aliphatic heterocycles. The van der Waals surface area contributed by atoms with Gasteiger partial charge in [0.05, 0.1) is 5.60 Å². The van der Waals surface area contributed by atoms with Crippen molar-refractivity contribution in [2.75, 3.05) is 27.2 Å². The summed E-state index contributed by atoms with van der Waals surface area (Å²) >= 11 is 0. The number of hydrogen-bond donors (Lipinski definition) is 1. The molecule has 0 aromatic heterocycles. The normalized spacial score (nSPS) is 14.8. The van der Waals surface area contributed by atoms with Crippen LogP contribution in [0.5, 0.6) is 0 Å². The Morgan fingerprint density at radius 2 is 2.00 bits per heavy atom. The van der Waals surface area contributed by atoms with Crippen molar-refractivity contribution in [1.29, 1.82) is 0 Å². The molecule has 0 heterocycles. The molecule has 3 nitrogen and oxygen atoms in total. The van der Waals surface area contributed by atoms with Gasteiger partial charge in [0.1, 0.15) is 0 Å². The van der Waals surface area contributed by atoms with E-state index >= 15 is 0 Å². The smallest absolute Gasteiger partial charge is 0.0637 e. The largest absolute Gasteiger partial charge is 0.379 e. The maximum atomic E-state index is 5.48. The molecule has 2 N–H and O–H groups in total. The molecule has 0 fully saturated rings. The molecule has 0 bridgehead atoms. The first-order valence-electron chi connectivity index (χ1n) is 5.38. The number of nitrogens with two attached hydrogens (primary N) is 1. The second-order valence-electron chi connectivity index (χ2n) is 4.64. The van der Waals surface area contributed by atoms with E-state index in [1.807, 2.05) is 0 Å². The highest BCUT2D eigenvalue weighted by Crippen LogP contribution is 2.18. The van der Waals surface area contributed by atoms with E-state index in [0.717, 1.165) is 25.9 Å². The van der Waals surface area contributed by atoms with Crippen LogP contribution in [0.4, 0.5) is 0 Å². The van der Waals surface area contributed by atoms with Crippen molar-refractivity contribution in [3.05, 3.63) is 0 Å². The Labute approximate surface area is 88.6 Å². The summed E-state index contributed by atoms with van der Waals surface area (Å²) < 4.78 is 5.41. The predicted octanol–water partition coefficient (Wildman–Crippen LogP) is 1.47. The maximum Gasteiger partial charge on any atom is 0.0637 e. The third-order valence-corrected chi connectivity index (χ3v) is 2.81. The molecule has 0 radical (unpaired) electrons. The Balaban J connectivity index is 3.87. The number of ether oxygens (including phenoxy) is 1. The zero-order valence-corrected chi connectivity index (χ0v) is 10.3. The third-order valence-electron chi connectivity index (χ3n) is 2.81. The van der Waals surface area contributed by atoms with Gasteiger partial charge >= 0.3 is 0 Å². The molecule has 0 aliphatic carbocycles. The molecule has 0 aromatic rings. The van der Waals surface area contributed by atoms with Gasteiger partial charge in [-0.2, -0.15) is 0 Å². The molecule has 0 saturated heterocycles. The first-order chi connectivity index (χ1) is 6.43. The van der Waals surface area contributed by atoms with E-state index in [1.54, 1.807) is 7.11 Å². The highest BCUT2D eigenvalue weighted by molar-refractivity contribution is 4.76. The molecule has 0 spiro atoms.